The van der Waals surface area contributed by atoms with Crippen molar-refractivity contribution < 1.29 is 4.79 Å². The molecule has 2 aromatic rings. The minimum absolute atomic E-state index is 0.168. The molecule has 0 fully saturated rings. The SMILES string of the molecule is Cc1cc(C2(c3cccc(Br)c3)N=C(N)N(C)C2=O)cc(C)n1. The fraction of sp³-hybridized carbons (Fsp3) is 0.235. The lowest BCUT2D eigenvalue weighted by Gasteiger charge is -2.26. The second kappa shape index (κ2) is 5.45. The average molecular weight is 373 g/mol. The van der Waals surface area contributed by atoms with Crippen molar-refractivity contribution >= 4 is 27.8 Å². The number of aromatic nitrogens is 1. The second-order valence-electron chi connectivity index (χ2n) is 5.69. The van der Waals surface area contributed by atoms with Crippen LogP contribution >= 0.6 is 15.9 Å². The molecule has 1 aliphatic rings. The van der Waals surface area contributed by atoms with Gasteiger partial charge in [0.1, 0.15) is 0 Å². The van der Waals surface area contributed by atoms with E-state index in [2.05, 4.69) is 25.9 Å². The number of carbonyl (C=O) groups is 1. The molecule has 0 saturated heterocycles. The predicted octanol–water partition coefficient (Wildman–Crippen LogP) is 2.49. The molecule has 1 aromatic heterocycles. The Hall–Kier alpha value is -2.21. The zero-order chi connectivity index (χ0) is 16.8. The van der Waals surface area contributed by atoms with Crippen LogP contribution in [0.4, 0.5) is 0 Å². The predicted molar refractivity (Wildman–Crippen MR) is 93.0 cm³/mol. The first-order chi connectivity index (χ1) is 10.8. The number of nitrogens with zero attached hydrogens (tertiary/aromatic N) is 3. The van der Waals surface area contributed by atoms with Crippen molar-refractivity contribution in [2.45, 2.75) is 19.4 Å². The molecule has 1 aromatic carbocycles. The Labute approximate surface area is 143 Å². The van der Waals surface area contributed by atoms with Crippen LogP contribution in [0.3, 0.4) is 0 Å². The summed E-state index contributed by atoms with van der Waals surface area (Å²) in [7, 11) is 1.64. The standard InChI is InChI=1S/C17H17BrN4O/c1-10-7-13(8-11(2)20-10)17(12-5-4-6-14(18)9-12)15(23)22(3)16(19)21-17/h4-9H,1-3H3,(H2,19,21). The lowest BCUT2D eigenvalue weighted by Crippen LogP contribution is -2.41. The number of guanidine groups is 1. The molecule has 2 heterocycles. The van der Waals surface area contributed by atoms with E-state index in [0.717, 1.165) is 27.0 Å². The van der Waals surface area contributed by atoms with Gasteiger partial charge in [0.15, 0.2) is 11.5 Å². The Morgan fingerprint density at radius 1 is 1.13 bits per heavy atom. The number of aliphatic imine (C=N–C) groups is 1. The molecule has 3 rings (SSSR count). The van der Waals surface area contributed by atoms with Gasteiger partial charge >= 0.3 is 0 Å². The smallest absolute Gasteiger partial charge is 0.266 e. The third-order valence-corrected chi connectivity index (χ3v) is 4.47. The lowest BCUT2D eigenvalue weighted by atomic mass is 9.82. The average Bonchev–Trinajstić information content (AvgIpc) is 2.71. The number of benzene rings is 1. The van der Waals surface area contributed by atoms with Gasteiger partial charge in [-0.05, 0) is 49.2 Å². The van der Waals surface area contributed by atoms with Crippen molar-refractivity contribution in [3.8, 4) is 0 Å². The van der Waals surface area contributed by atoms with E-state index >= 15 is 0 Å². The van der Waals surface area contributed by atoms with Crippen LogP contribution in [0.25, 0.3) is 0 Å². The largest absolute Gasteiger partial charge is 0.369 e. The summed E-state index contributed by atoms with van der Waals surface area (Å²) in [4.78, 5) is 23.4. The van der Waals surface area contributed by atoms with Crippen LogP contribution in [0.2, 0.25) is 0 Å². The van der Waals surface area contributed by atoms with E-state index in [-0.39, 0.29) is 11.9 Å². The summed E-state index contributed by atoms with van der Waals surface area (Å²) in [6, 6.07) is 11.4. The molecule has 1 unspecified atom stereocenters. The van der Waals surface area contributed by atoms with Crippen LogP contribution in [0.5, 0.6) is 0 Å². The van der Waals surface area contributed by atoms with Crippen LogP contribution in [0.15, 0.2) is 45.9 Å². The van der Waals surface area contributed by atoms with Crippen LogP contribution < -0.4 is 5.73 Å². The van der Waals surface area contributed by atoms with E-state index in [9.17, 15) is 4.79 Å². The fourth-order valence-corrected chi connectivity index (χ4v) is 3.34. The highest BCUT2D eigenvalue weighted by Gasteiger charge is 2.49. The van der Waals surface area contributed by atoms with Gasteiger partial charge in [-0.2, -0.15) is 0 Å². The first kappa shape index (κ1) is 15.7. The van der Waals surface area contributed by atoms with E-state index in [0.29, 0.717) is 0 Å². The van der Waals surface area contributed by atoms with Gasteiger partial charge < -0.3 is 5.73 Å². The number of carbonyl (C=O) groups excluding carboxylic acids is 1. The van der Waals surface area contributed by atoms with Crippen LogP contribution in [-0.4, -0.2) is 28.8 Å². The van der Waals surface area contributed by atoms with Gasteiger partial charge in [-0.15, -0.1) is 0 Å². The zero-order valence-corrected chi connectivity index (χ0v) is 14.8. The molecule has 0 saturated carbocycles. The molecule has 0 aliphatic carbocycles. The van der Waals surface area contributed by atoms with Gasteiger partial charge in [-0.25, -0.2) is 4.99 Å². The van der Waals surface area contributed by atoms with E-state index < -0.39 is 5.54 Å². The molecular weight excluding hydrogens is 356 g/mol. The Morgan fingerprint density at radius 2 is 1.78 bits per heavy atom. The molecule has 0 radical (unpaired) electrons. The van der Waals surface area contributed by atoms with Crippen LogP contribution in [0.1, 0.15) is 22.5 Å². The first-order valence-corrected chi connectivity index (χ1v) is 7.99. The number of hydrogen-bond donors (Lipinski definition) is 1. The zero-order valence-electron chi connectivity index (χ0n) is 13.2. The minimum atomic E-state index is -1.17. The number of aryl methyl sites for hydroxylation is 2. The highest BCUT2D eigenvalue weighted by molar-refractivity contribution is 9.10. The highest BCUT2D eigenvalue weighted by Crippen LogP contribution is 2.40. The molecule has 118 valence electrons. The Morgan fingerprint density at radius 3 is 2.30 bits per heavy atom. The Kier molecular flexibility index (Phi) is 3.72. The first-order valence-electron chi connectivity index (χ1n) is 7.20. The summed E-state index contributed by atoms with van der Waals surface area (Å²) in [6.45, 7) is 3.81. The Balaban J connectivity index is 2.34. The summed E-state index contributed by atoms with van der Waals surface area (Å²) < 4.78 is 0.882. The molecule has 1 aliphatic heterocycles. The third kappa shape index (κ3) is 2.43. The summed E-state index contributed by atoms with van der Waals surface area (Å²) in [5, 5.41) is 0. The normalized spacial score (nSPS) is 20.8. The number of likely N-dealkylation sites (N-methyl/N-ethyl adjacent to an activating group) is 1. The number of hydrogen-bond acceptors (Lipinski definition) is 4. The van der Waals surface area contributed by atoms with Crippen molar-refractivity contribution in [3.05, 3.63) is 63.4 Å². The molecule has 1 amide bonds. The number of rotatable bonds is 2. The summed E-state index contributed by atoms with van der Waals surface area (Å²) in [6.07, 6.45) is 0. The maximum atomic E-state index is 13.1. The third-order valence-electron chi connectivity index (χ3n) is 3.98. The number of nitrogens with two attached hydrogens (primary N) is 1. The van der Waals surface area contributed by atoms with Gasteiger partial charge in [-0.1, -0.05) is 28.1 Å². The van der Waals surface area contributed by atoms with E-state index in [1.165, 1.54) is 4.90 Å². The van der Waals surface area contributed by atoms with Gasteiger partial charge in [0.2, 0.25) is 0 Å². The monoisotopic (exact) mass is 372 g/mol. The van der Waals surface area contributed by atoms with Crippen molar-refractivity contribution in [3.63, 3.8) is 0 Å². The lowest BCUT2D eigenvalue weighted by molar-refractivity contribution is -0.129. The van der Waals surface area contributed by atoms with Crippen LogP contribution in [0, 0.1) is 13.8 Å². The van der Waals surface area contributed by atoms with Crippen molar-refractivity contribution in [2.75, 3.05) is 7.05 Å². The molecular formula is C17H17BrN4O. The summed E-state index contributed by atoms with van der Waals surface area (Å²) >= 11 is 3.47. The van der Waals surface area contributed by atoms with Gasteiger partial charge in [0, 0.05) is 22.9 Å². The maximum absolute atomic E-state index is 13.1. The van der Waals surface area contributed by atoms with E-state index in [4.69, 9.17) is 5.73 Å². The van der Waals surface area contributed by atoms with Gasteiger partial charge in [0.25, 0.3) is 5.91 Å². The Bertz CT molecular complexity index is 813. The summed E-state index contributed by atoms with van der Waals surface area (Å²) in [5.74, 6) is 0.0418. The molecule has 2 N–H and O–H groups in total. The topological polar surface area (TPSA) is 71.6 Å². The number of amides is 1. The molecule has 0 bridgehead atoms. The minimum Gasteiger partial charge on any atom is -0.369 e. The fourth-order valence-electron chi connectivity index (χ4n) is 2.94. The molecule has 0 spiro atoms. The van der Waals surface area contributed by atoms with Crippen molar-refractivity contribution in [1.29, 1.82) is 0 Å². The molecule has 5 nitrogen and oxygen atoms in total. The highest BCUT2D eigenvalue weighted by atomic mass is 79.9. The number of halogens is 1. The second-order valence-corrected chi connectivity index (χ2v) is 6.61. The van der Waals surface area contributed by atoms with Crippen molar-refractivity contribution in [1.82, 2.24) is 9.88 Å². The van der Waals surface area contributed by atoms with E-state index in [1.807, 2.05) is 50.2 Å². The van der Waals surface area contributed by atoms with Crippen LogP contribution in [-0.2, 0) is 10.3 Å². The number of pyridine rings is 1. The van der Waals surface area contributed by atoms with Gasteiger partial charge in [0.05, 0.1) is 0 Å². The molecule has 23 heavy (non-hydrogen) atoms. The molecule has 6 heteroatoms. The maximum Gasteiger partial charge on any atom is 0.266 e. The van der Waals surface area contributed by atoms with E-state index in [1.54, 1.807) is 7.05 Å². The van der Waals surface area contributed by atoms with Crippen molar-refractivity contribution in [2.24, 2.45) is 10.7 Å². The quantitative estimate of drug-likeness (QED) is 0.879. The molecule has 1 atom stereocenters. The summed E-state index contributed by atoms with van der Waals surface area (Å²) in [5.41, 5.74) is 8.02. The van der Waals surface area contributed by atoms with Gasteiger partial charge in [-0.3, -0.25) is 14.7 Å².